The summed E-state index contributed by atoms with van der Waals surface area (Å²) in [6.45, 7) is 0.830. The van der Waals surface area contributed by atoms with Gasteiger partial charge in [0.15, 0.2) is 11.5 Å². The van der Waals surface area contributed by atoms with Gasteiger partial charge in [0.25, 0.3) is 0 Å². The fourth-order valence-corrected chi connectivity index (χ4v) is 5.72. The number of methoxy groups -OCH3 is 3. The molecule has 4 fully saturated rings. The van der Waals surface area contributed by atoms with Crippen LogP contribution in [0.4, 0.5) is 0 Å². The Morgan fingerprint density at radius 1 is 0.833 bits per heavy atom. The van der Waals surface area contributed by atoms with E-state index in [0.29, 0.717) is 11.8 Å². The van der Waals surface area contributed by atoms with Crippen LogP contribution >= 0.6 is 0 Å². The lowest BCUT2D eigenvalue weighted by atomic mass is 9.54. The van der Waals surface area contributed by atoms with Gasteiger partial charge in [0.1, 0.15) is 5.75 Å². The molecule has 8 heteroatoms. The van der Waals surface area contributed by atoms with Gasteiger partial charge in [-0.25, -0.2) is 9.59 Å². The molecule has 30 heavy (non-hydrogen) atoms. The number of aliphatic carboxylic acids is 2. The predicted molar refractivity (Wildman–Crippen MR) is 109 cm³/mol. The van der Waals surface area contributed by atoms with Gasteiger partial charge in [-0.2, -0.15) is 0 Å². The Bertz CT molecular complexity index is 739. The molecule has 4 bridgehead atoms. The molecule has 4 saturated carbocycles. The molecule has 0 aliphatic heterocycles. The first-order valence-electron chi connectivity index (χ1n) is 10.3. The third-order valence-electron chi connectivity index (χ3n) is 6.72. The van der Waals surface area contributed by atoms with E-state index in [9.17, 15) is 0 Å². The molecule has 5 rings (SSSR count). The van der Waals surface area contributed by atoms with Gasteiger partial charge in [-0.3, -0.25) is 0 Å². The lowest BCUT2D eigenvalue weighted by molar-refractivity contribution is -0.159. The average molecular weight is 421 g/mol. The quantitative estimate of drug-likeness (QED) is 0.601. The van der Waals surface area contributed by atoms with Gasteiger partial charge < -0.3 is 29.7 Å². The number of hydrogen-bond donors (Lipinski definition) is 3. The fraction of sp³-hybridized carbons (Fsp3) is 0.636. The summed E-state index contributed by atoms with van der Waals surface area (Å²) in [5.41, 5.74) is 1.14. The molecule has 8 nitrogen and oxygen atoms in total. The molecule has 0 unspecified atom stereocenters. The molecule has 0 amide bonds. The molecule has 0 atom stereocenters. The van der Waals surface area contributed by atoms with E-state index in [0.717, 1.165) is 47.3 Å². The summed E-state index contributed by atoms with van der Waals surface area (Å²) in [7, 11) is 5.05. The van der Waals surface area contributed by atoms with Crippen LogP contribution < -0.4 is 19.5 Å². The maximum absolute atomic E-state index is 9.10. The van der Waals surface area contributed by atoms with Crippen LogP contribution in [0.15, 0.2) is 12.1 Å². The van der Waals surface area contributed by atoms with E-state index in [-0.39, 0.29) is 0 Å². The number of benzene rings is 1. The van der Waals surface area contributed by atoms with Gasteiger partial charge in [0, 0.05) is 24.2 Å². The highest BCUT2D eigenvalue weighted by Crippen LogP contribution is 2.53. The molecule has 4 aliphatic rings. The number of nitrogens with one attached hydrogen (secondary N) is 1. The summed E-state index contributed by atoms with van der Waals surface area (Å²) in [5.74, 6) is 2.49. The molecule has 0 spiro atoms. The smallest absolute Gasteiger partial charge is 0.414 e. The molecule has 4 aliphatic carbocycles. The number of carboxylic acid groups (broad SMARTS) is 2. The monoisotopic (exact) mass is 421 g/mol. The Hall–Kier alpha value is -2.48. The predicted octanol–water partition coefficient (Wildman–Crippen LogP) is 2.78. The van der Waals surface area contributed by atoms with Crippen molar-refractivity contribution in [1.29, 1.82) is 0 Å². The summed E-state index contributed by atoms with van der Waals surface area (Å²) in [6.07, 6.45) is 7.26. The zero-order valence-electron chi connectivity index (χ0n) is 17.7. The second kappa shape index (κ2) is 9.55. The van der Waals surface area contributed by atoms with Gasteiger partial charge in [-0.05, 0) is 61.8 Å². The third-order valence-corrected chi connectivity index (χ3v) is 6.72. The minimum Gasteiger partial charge on any atom is -0.496 e. The lowest BCUT2D eigenvalue weighted by Crippen LogP contribution is -2.54. The van der Waals surface area contributed by atoms with Crippen LogP contribution in [0.5, 0.6) is 17.2 Å². The van der Waals surface area contributed by atoms with E-state index in [4.69, 9.17) is 34.0 Å². The van der Waals surface area contributed by atoms with Crippen LogP contribution in [0.2, 0.25) is 0 Å². The van der Waals surface area contributed by atoms with Gasteiger partial charge >= 0.3 is 11.9 Å². The molecule has 1 aromatic rings. The van der Waals surface area contributed by atoms with Crippen molar-refractivity contribution in [2.24, 2.45) is 23.7 Å². The second-order valence-electron chi connectivity index (χ2n) is 8.47. The van der Waals surface area contributed by atoms with E-state index in [1.807, 2.05) is 12.1 Å². The van der Waals surface area contributed by atoms with Crippen molar-refractivity contribution < 1.29 is 34.0 Å². The Morgan fingerprint density at radius 3 is 1.73 bits per heavy atom. The molecule has 3 N–H and O–H groups in total. The van der Waals surface area contributed by atoms with Crippen LogP contribution in [0, 0.1) is 23.7 Å². The van der Waals surface area contributed by atoms with Crippen molar-refractivity contribution in [3.8, 4) is 17.2 Å². The van der Waals surface area contributed by atoms with Gasteiger partial charge in [-0.15, -0.1) is 0 Å². The van der Waals surface area contributed by atoms with E-state index in [1.165, 1.54) is 32.1 Å². The molecule has 1 aromatic carbocycles. The maximum atomic E-state index is 9.10. The highest BCUT2D eigenvalue weighted by molar-refractivity contribution is 6.27. The van der Waals surface area contributed by atoms with E-state index < -0.39 is 11.9 Å². The zero-order valence-corrected chi connectivity index (χ0v) is 17.7. The maximum Gasteiger partial charge on any atom is 0.414 e. The van der Waals surface area contributed by atoms with Crippen molar-refractivity contribution >= 4 is 11.9 Å². The van der Waals surface area contributed by atoms with Crippen molar-refractivity contribution in [2.75, 3.05) is 21.3 Å². The summed E-state index contributed by atoms with van der Waals surface area (Å²) in [6, 6.07) is 4.64. The average Bonchev–Trinajstić information content (AvgIpc) is 2.72. The molecular weight excluding hydrogens is 390 g/mol. The molecule has 0 aromatic heterocycles. The summed E-state index contributed by atoms with van der Waals surface area (Å²) in [5, 5.41) is 18.7. The number of hydrogen-bond acceptors (Lipinski definition) is 6. The van der Waals surface area contributed by atoms with E-state index >= 15 is 0 Å². The van der Waals surface area contributed by atoms with E-state index in [1.54, 1.807) is 21.3 Å². The van der Waals surface area contributed by atoms with Crippen LogP contribution in [0.1, 0.15) is 37.7 Å². The number of ether oxygens (including phenoxy) is 3. The normalized spacial score (nSPS) is 28.3. The summed E-state index contributed by atoms with van der Waals surface area (Å²) >= 11 is 0. The van der Waals surface area contributed by atoms with Crippen molar-refractivity contribution in [1.82, 2.24) is 5.32 Å². The van der Waals surface area contributed by atoms with Crippen molar-refractivity contribution in [2.45, 2.75) is 44.7 Å². The lowest BCUT2D eigenvalue weighted by Gasteiger charge is -2.54. The second-order valence-corrected chi connectivity index (χ2v) is 8.47. The van der Waals surface area contributed by atoms with Crippen LogP contribution in [-0.4, -0.2) is 49.5 Å². The number of carbonyl (C=O) groups is 2. The minimum atomic E-state index is -1.82. The van der Waals surface area contributed by atoms with Crippen LogP contribution in [0.3, 0.4) is 0 Å². The molecule has 0 heterocycles. The van der Waals surface area contributed by atoms with Crippen molar-refractivity contribution in [3.63, 3.8) is 0 Å². The third kappa shape index (κ3) is 4.80. The van der Waals surface area contributed by atoms with Crippen LogP contribution in [0.25, 0.3) is 0 Å². The van der Waals surface area contributed by atoms with Gasteiger partial charge in [-0.1, -0.05) is 0 Å². The summed E-state index contributed by atoms with van der Waals surface area (Å²) < 4.78 is 16.4. The van der Waals surface area contributed by atoms with Gasteiger partial charge in [0.2, 0.25) is 0 Å². The fourth-order valence-electron chi connectivity index (χ4n) is 5.72. The topological polar surface area (TPSA) is 114 Å². The van der Waals surface area contributed by atoms with E-state index in [2.05, 4.69) is 5.32 Å². The van der Waals surface area contributed by atoms with Crippen LogP contribution in [-0.2, 0) is 16.1 Å². The molecular formula is C22H31NO7. The zero-order chi connectivity index (χ0) is 21.8. The first-order chi connectivity index (χ1) is 14.4. The molecule has 0 saturated heterocycles. The first kappa shape index (κ1) is 22.2. The molecule has 0 radical (unpaired) electrons. The molecule has 166 valence electrons. The SMILES string of the molecule is COc1cc(OC)c(OC)cc1CNC1C2CC3CC(C2)CC1C3.O=C(O)C(=O)O. The van der Waals surface area contributed by atoms with Crippen molar-refractivity contribution in [3.05, 3.63) is 17.7 Å². The highest BCUT2D eigenvalue weighted by Gasteiger charge is 2.47. The number of carboxylic acids is 2. The standard InChI is InChI=1S/C20H29NO3.C2H2O4/c1-22-17-10-19(24-3)18(23-2)9-16(17)11-21-20-14-5-12-4-13(7-14)8-15(20)6-12;3-1(4)2(5)6/h9-10,12-15,20-21H,4-8,11H2,1-3H3;(H,3,4)(H,5,6). The first-order valence-corrected chi connectivity index (χ1v) is 10.3. The minimum absolute atomic E-state index is 0.676. The largest absolute Gasteiger partial charge is 0.496 e. The Kier molecular flexibility index (Phi) is 7.07. The van der Waals surface area contributed by atoms with Gasteiger partial charge in [0.05, 0.1) is 21.3 Å². The number of rotatable bonds is 6. The summed E-state index contributed by atoms with van der Waals surface area (Å²) in [4.78, 5) is 18.2. The Morgan fingerprint density at radius 2 is 1.30 bits per heavy atom. The Labute approximate surface area is 176 Å². The highest BCUT2D eigenvalue weighted by atomic mass is 16.5. The Balaban J connectivity index is 0.000000377.